The van der Waals surface area contributed by atoms with Gasteiger partial charge in [0.15, 0.2) is 0 Å². The van der Waals surface area contributed by atoms with Crippen LogP contribution in [0.3, 0.4) is 0 Å². The lowest BCUT2D eigenvalue weighted by molar-refractivity contribution is 0.232. The van der Waals surface area contributed by atoms with E-state index in [9.17, 15) is 0 Å². The van der Waals surface area contributed by atoms with Crippen LogP contribution in [0.4, 0.5) is 0 Å². The molecule has 0 aliphatic carbocycles. The Labute approximate surface area is 64.7 Å². The Morgan fingerprint density at radius 2 is 2.30 bits per heavy atom. The zero-order valence-electron chi connectivity index (χ0n) is 6.80. The van der Waals surface area contributed by atoms with Crippen molar-refractivity contribution >= 4 is 9.28 Å². The molecular formula is C7H16O2Si. The summed E-state index contributed by atoms with van der Waals surface area (Å²) in [6.45, 7) is 6.54. The molecule has 0 saturated carbocycles. The first kappa shape index (κ1) is 9.88. The lowest BCUT2D eigenvalue weighted by Crippen LogP contribution is -2.20. The molecular weight excluding hydrogens is 144 g/mol. The third-order valence-electron chi connectivity index (χ3n) is 1.13. The number of allylic oxidation sites excluding steroid dienone is 1. The fourth-order valence-electron chi connectivity index (χ4n) is 0.618. The molecule has 1 atom stereocenters. The van der Waals surface area contributed by atoms with Crippen LogP contribution in [0, 0.1) is 0 Å². The van der Waals surface area contributed by atoms with Gasteiger partial charge in [-0.2, -0.15) is 0 Å². The monoisotopic (exact) mass is 160 g/mol. The maximum absolute atomic E-state index is 5.43. The second-order valence-electron chi connectivity index (χ2n) is 2.06. The molecule has 0 saturated heterocycles. The van der Waals surface area contributed by atoms with Crippen LogP contribution in [0.2, 0.25) is 6.04 Å². The molecule has 0 aromatic carbocycles. The first-order chi connectivity index (χ1) is 4.85. The molecule has 0 aliphatic heterocycles. The Bertz CT molecular complexity index is 85.7. The molecule has 0 amide bonds. The summed E-state index contributed by atoms with van der Waals surface area (Å²) < 4.78 is 10.6. The lowest BCUT2D eigenvalue weighted by atomic mass is 10.5. The topological polar surface area (TPSA) is 18.5 Å². The van der Waals surface area contributed by atoms with Crippen molar-refractivity contribution in [2.45, 2.75) is 19.4 Å². The zero-order chi connectivity index (χ0) is 7.82. The van der Waals surface area contributed by atoms with E-state index >= 15 is 0 Å². The molecule has 60 valence electrons. The highest BCUT2D eigenvalue weighted by atomic mass is 28.3. The molecule has 0 aromatic heterocycles. The summed E-state index contributed by atoms with van der Waals surface area (Å²) in [5, 5.41) is 0. The molecule has 0 fully saturated rings. The van der Waals surface area contributed by atoms with E-state index in [2.05, 4.69) is 13.5 Å². The fraction of sp³-hybridized carbons (Fsp3) is 0.714. The van der Waals surface area contributed by atoms with Crippen LogP contribution in [0.5, 0.6) is 0 Å². The zero-order valence-corrected chi connectivity index (χ0v) is 7.95. The van der Waals surface area contributed by atoms with Crippen molar-refractivity contribution in [2.24, 2.45) is 0 Å². The van der Waals surface area contributed by atoms with E-state index in [4.69, 9.17) is 8.85 Å². The molecule has 0 radical (unpaired) electrons. The molecule has 0 rings (SSSR count). The normalized spacial score (nSPS) is 13.0. The minimum absolute atomic E-state index is 0.818. The average molecular weight is 160 g/mol. The molecule has 10 heavy (non-hydrogen) atoms. The maximum atomic E-state index is 5.43. The lowest BCUT2D eigenvalue weighted by Gasteiger charge is -2.10. The third kappa shape index (κ3) is 4.73. The van der Waals surface area contributed by atoms with E-state index in [-0.39, 0.29) is 0 Å². The van der Waals surface area contributed by atoms with Crippen LogP contribution >= 0.6 is 0 Å². The number of rotatable bonds is 6. The molecule has 0 aromatic rings. The molecule has 0 bridgehead atoms. The van der Waals surface area contributed by atoms with E-state index in [1.165, 1.54) is 0 Å². The molecule has 1 unspecified atom stereocenters. The van der Waals surface area contributed by atoms with Crippen LogP contribution in [0.25, 0.3) is 0 Å². The van der Waals surface area contributed by atoms with Gasteiger partial charge in [0, 0.05) is 19.8 Å². The Morgan fingerprint density at radius 1 is 1.60 bits per heavy atom. The summed E-state index contributed by atoms with van der Waals surface area (Å²) in [6, 6.07) is 0.899. The first-order valence-corrected chi connectivity index (χ1v) is 5.36. The van der Waals surface area contributed by atoms with Gasteiger partial charge in [0.1, 0.15) is 0 Å². The van der Waals surface area contributed by atoms with Crippen molar-refractivity contribution in [2.75, 3.05) is 13.7 Å². The Morgan fingerprint density at radius 3 is 2.70 bits per heavy atom. The van der Waals surface area contributed by atoms with Crippen LogP contribution in [0.15, 0.2) is 12.7 Å². The smallest absolute Gasteiger partial charge is 0.325 e. The highest BCUT2D eigenvalue weighted by Gasteiger charge is 2.06. The van der Waals surface area contributed by atoms with E-state index < -0.39 is 9.28 Å². The van der Waals surface area contributed by atoms with Crippen molar-refractivity contribution in [3.8, 4) is 0 Å². The minimum atomic E-state index is -1.35. The summed E-state index contributed by atoms with van der Waals surface area (Å²) in [6.07, 6.45) is 2.92. The molecule has 0 spiro atoms. The van der Waals surface area contributed by atoms with Crippen molar-refractivity contribution in [1.82, 2.24) is 0 Å². The standard InChI is InChI=1S/C7H16O2Si/c1-4-6-9-10(8-3)7-5-2/h5,10H,2,4,6-7H2,1,3H3. The van der Waals surface area contributed by atoms with Gasteiger partial charge in [0.25, 0.3) is 0 Å². The van der Waals surface area contributed by atoms with Gasteiger partial charge in [-0.15, -0.1) is 6.58 Å². The van der Waals surface area contributed by atoms with Gasteiger partial charge < -0.3 is 8.85 Å². The Kier molecular flexibility index (Phi) is 6.90. The van der Waals surface area contributed by atoms with Crippen LogP contribution in [0.1, 0.15) is 13.3 Å². The van der Waals surface area contributed by atoms with Gasteiger partial charge in [0.05, 0.1) is 0 Å². The second kappa shape index (κ2) is 6.99. The maximum Gasteiger partial charge on any atom is 0.325 e. The summed E-state index contributed by atoms with van der Waals surface area (Å²) in [7, 11) is 0.356. The van der Waals surface area contributed by atoms with Crippen molar-refractivity contribution in [3.05, 3.63) is 12.7 Å². The summed E-state index contributed by atoms with van der Waals surface area (Å²) in [5.74, 6) is 0. The van der Waals surface area contributed by atoms with E-state index in [1.807, 2.05) is 6.08 Å². The van der Waals surface area contributed by atoms with Gasteiger partial charge in [-0.3, -0.25) is 0 Å². The van der Waals surface area contributed by atoms with E-state index in [0.717, 1.165) is 19.1 Å². The molecule has 3 heteroatoms. The van der Waals surface area contributed by atoms with Crippen molar-refractivity contribution in [1.29, 1.82) is 0 Å². The molecule has 0 aliphatic rings. The van der Waals surface area contributed by atoms with Gasteiger partial charge in [-0.1, -0.05) is 13.0 Å². The van der Waals surface area contributed by atoms with Gasteiger partial charge >= 0.3 is 9.28 Å². The van der Waals surface area contributed by atoms with Crippen molar-refractivity contribution in [3.63, 3.8) is 0 Å². The fourth-order valence-corrected chi connectivity index (χ4v) is 1.85. The average Bonchev–Trinajstić information content (AvgIpc) is 1.98. The Balaban J connectivity index is 3.29. The highest BCUT2D eigenvalue weighted by Crippen LogP contribution is 1.96. The predicted octanol–water partition coefficient (Wildman–Crippen LogP) is 1.47. The van der Waals surface area contributed by atoms with Gasteiger partial charge in [-0.05, 0) is 6.42 Å². The molecule has 2 nitrogen and oxygen atoms in total. The largest absolute Gasteiger partial charge is 0.400 e. The summed E-state index contributed by atoms with van der Waals surface area (Å²) in [5.41, 5.74) is 0. The quantitative estimate of drug-likeness (QED) is 0.433. The van der Waals surface area contributed by atoms with E-state index in [1.54, 1.807) is 7.11 Å². The highest BCUT2D eigenvalue weighted by molar-refractivity contribution is 6.44. The molecule has 0 N–H and O–H groups in total. The van der Waals surface area contributed by atoms with Crippen LogP contribution in [-0.4, -0.2) is 23.0 Å². The number of hydrogen-bond acceptors (Lipinski definition) is 2. The summed E-state index contributed by atoms with van der Waals surface area (Å²) >= 11 is 0. The van der Waals surface area contributed by atoms with Crippen molar-refractivity contribution < 1.29 is 8.85 Å². The van der Waals surface area contributed by atoms with Crippen LogP contribution < -0.4 is 0 Å². The van der Waals surface area contributed by atoms with Crippen LogP contribution in [-0.2, 0) is 8.85 Å². The first-order valence-electron chi connectivity index (χ1n) is 3.60. The number of hydrogen-bond donors (Lipinski definition) is 0. The summed E-state index contributed by atoms with van der Waals surface area (Å²) in [4.78, 5) is 0. The van der Waals surface area contributed by atoms with E-state index in [0.29, 0.717) is 0 Å². The molecule has 0 heterocycles. The van der Waals surface area contributed by atoms with Gasteiger partial charge in [0.2, 0.25) is 0 Å². The SMILES string of the molecule is C=CC[SiH](OC)OCCC. The minimum Gasteiger partial charge on any atom is -0.400 e. The Hall–Kier alpha value is -0.123. The third-order valence-corrected chi connectivity index (χ3v) is 2.98. The van der Waals surface area contributed by atoms with Gasteiger partial charge in [-0.25, -0.2) is 0 Å². The second-order valence-corrected chi connectivity index (χ2v) is 4.20. The predicted molar refractivity (Wildman–Crippen MR) is 45.4 cm³/mol.